The molecule has 1 N–H and O–H groups in total. The second-order valence-corrected chi connectivity index (χ2v) is 8.83. The Bertz CT molecular complexity index is 636. The van der Waals surface area contributed by atoms with Crippen molar-refractivity contribution in [1.29, 1.82) is 5.26 Å². The number of nitriles is 1. The van der Waals surface area contributed by atoms with Crippen molar-refractivity contribution in [2.45, 2.75) is 64.4 Å². The van der Waals surface area contributed by atoms with E-state index in [4.69, 9.17) is 5.26 Å². The molecule has 4 rings (SSSR count). The predicted molar refractivity (Wildman–Crippen MR) is 90.6 cm³/mol. The van der Waals surface area contributed by atoms with Crippen molar-refractivity contribution in [3.8, 4) is 6.07 Å². The van der Waals surface area contributed by atoms with Crippen LogP contribution in [0.3, 0.4) is 0 Å². The topological polar surface area (TPSA) is 67.1 Å². The average Bonchev–Trinajstić information content (AvgIpc) is 2.91. The van der Waals surface area contributed by atoms with Crippen molar-refractivity contribution in [1.82, 2.24) is 0 Å². The molecule has 3 saturated carbocycles. The number of aliphatic hydroxyl groups is 1. The van der Waals surface area contributed by atoms with Gasteiger partial charge in [0.2, 0.25) is 0 Å². The molecule has 6 atom stereocenters. The molecule has 25 heavy (non-hydrogen) atoms. The van der Waals surface area contributed by atoms with E-state index in [-0.39, 0.29) is 81.7 Å². The fourth-order valence-electron chi connectivity index (χ4n) is 6.87. The Morgan fingerprint density at radius 1 is 1.32 bits per heavy atom. The van der Waals surface area contributed by atoms with Crippen LogP contribution in [0, 0.1) is 39.9 Å². The van der Waals surface area contributed by atoms with Gasteiger partial charge in [0.25, 0.3) is 0 Å². The van der Waals surface area contributed by atoms with E-state index in [1.807, 2.05) is 0 Å². The van der Waals surface area contributed by atoms with Crippen LogP contribution >= 0.6 is 0 Å². The Balaban J connectivity index is 0.00000182. The van der Waals surface area contributed by atoms with Gasteiger partial charge in [0.05, 0.1) is 12.2 Å². The van der Waals surface area contributed by atoms with Gasteiger partial charge in [0.15, 0.2) is 0 Å². The van der Waals surface area contributed by atoms with E-state index < -0.39 is 0 Å². The first-order chi connectivity index (χ1) is 11.5. The zero-order valence-corrected chi connectivity index (χ0v) is 20.5. The molecular formula is C21H28NO2Rb. The minimum atomic E-state index is -0.252. The summed E-state index contributed by atoms with van der Waals surface area (Å²) < 4.78 is 0. The Morgan fingerprint density at radius 2 is 2.12 bits per heavy atom. The molecule has 0 radical (unpaired) electrons. The third kappa shape index (κ3) is 3.04. The van der Waals surface area contributed by atoms with Gasteiger partial charge in [-0.2, -0.15) is 5.26 Å². The molecule has 0 spiro atoms. The van der Waals surface area contributed by atoms with Crippen molar-refractivity contribution in [2.24, 2.45) is 28.6 Å². The van der Waals surface area contributed by atoms with E-state index in [9.17, 15) is 10.2 Å². The minimum Gasteiger partial charge on any atom is -0.854 e. The first-order valence-corrected chi connectivity index (χ1v) is 9.60. The van der Waals surface area contributed by atoms with Gasteiger partial charge in [-0.15, -0.1) is 6.61 Å². The third-order valence-corrected chi connectivity index (χ3v) is 8.15. The molecule has 0 heterocycles. The van der Waals surface area contributed by atoms with E-state index in [1.54, 1.807) is 6.08 Å². The summed E-state index contributed by atoms with van der Waals surface area (Å²) in [5.41, 5.74) is 2.59. The number of fused-ring (bicyclic) bond motifs is 5. The SMILES string of the molecule is C[C@]12CC[C@H]3[C@@H](CC=C4C[C@@H](O)CC[C@@]43C[O-])[C@@H]1CC/C2=C/C#N.[Rb+]. The number of aliphatic hydroxyl groups excluding tert-OH is 1. The number of hydrogen-bond donors (Lipinski definition) is 1. The van der Waals surface area contributed by atoms with Gasteiger partial charge in [-0.3, -0.25) is 0 Å². The van der Waals surface area contributed by atoms with Gasteiger partial charge >= 0.3 is 58.2 Å². The fourth-order valence-corrected chi connectivity index (χ4v) is 6.87. The fraction of sp³-hybridized carbons (Fsp3) is 0.762. The van der Waals surface area contributed by atoms with Gasteiger partial charge in [0, 0.05) is 6.08 Å². The number of nitrogens with zero attached hydrogens (tertiary/aromatic N) is 1. The van der Waals surface area contributed by atoms with Crippen LogP contribution in [0.2, 0.25) is 0 Å². The molecule has 130 valence electrons. The van der Waals surface area contributed by atoms with Gasteiger partial charge < -0.3 is 10.2 Å². The van der Waals surface area contributed by atoms with Crippen molar-refractivity contribution in [3.63, 3.8) is 0 Å². The summed E-state index contributed by atoms with van der Waals surface area (Å²) in [4.78, 5) is 0. The molecule has 0 amide bonds. The van der Waals surface area contributed by atoms with E-state index in [0.29, 0.717) is 24.2 Å². The van der Waals surface area contributed by atoms with Crippen LogP contribution in [0.1, 0.15) is 58.3 Å². The average molecular weight is 412 g/mol. The summed E-state index contributed by atoms with van der Waals surface area (Å²) in [5, 5.41) is 31.5. The van der Waals surface area contributed by atoms with E-state index in [0.717, 1.165) is 38.5 Å². The molecule has 0 aromatic heterocycles. The minimum absolute atomic E-state index is 0. The third-order valence-electron chi connectivity index (χ3n) is 8.15. The normalized spacial score (nSPS) is 47.0. The van der Waals surface area contributed by atoms with Crippen LogP contribution in [0.4, 0.5) is 0 Å². The second-order valence-electron chi connectivity index (χ2n) is 8.83. The van der Waals surface area contributed by atoms with Gasteiger partial charge in [-0.1, -0.05) is 24.1 Å². The maximum atomic E-state index is 12.4. The molecule has 4 aliphatic rings. The number of rotatable bonds is 1. The van der Waals surface area contributed by atoms with Crippen molar-refractivity contribution < 1.29 is 68.4 Å². The van der Waals surface area contributed by atoms with Gasteiger partial charge in [-0.05, 0) is 80.0 Å². The van der Waals surface area contributed by atoms with Crippen molar-refractivity contribution >= 4 is 0 Å². The largest absolute Gasteiger partial charge is 1.00 e. The smallest absolute Gasteiger partial charge is 0.854 e. The standard InChI is InChI=1S/C21H28NO2.Rb/c1-20-9-7-19-17(18(20)5-3-14(20)8-11-22)4-2-15-12-16(24)6-10-21(15,19)13-23;/h2,8,16-19,24H,3-7,9-10,12-13H2,1H3;/q-1;+1/b14-8-;/t16-,17-,18-,19-,20+,21+;/m0./s1. The van der Waals surface area contributed by atoms with Crippen molar-refractivity contribution in [3.05, 3.63) is 23.3 Å². The Labute approximate surface area is 200 Å². The first-order valence-electron chi connectivity index (χ1n) is 9.60. The van der Waals surface area contributed by atoms with Gasteiger partial charge in [-0.25, -0.2) is 0 Å². The van der Waals surface area contributed by atoms with E-state index in [1.165, 1.54) is 17.6 Å². The van der Waals surface area contributed by atoms with E-state index in [2.05, 4.69) is 19.1 Å². The molecule has 0 aliphatic heterocycles. The van der Waals surface area contributed by atoms with Crippen LogP contribution in [0.15, 0.2) is 23.3 Å². The molecule has 0 aromatic carbocycles. The second kappa shape index (κ2) is 7.61. The Kier molecular flexibility index (Phi) is 6.22. The summed E-state index contributed by atoms with van der Waals surface area (Å²) in [7, 11) is 0. The summed E-state index contributed by atoms with van der Waals surface area (Å²) in [6.45, 7) is 2.34. The van der Waals surface area contributed by atoms with E-state index >= 15 is 0 Å². The Hall–Kier alpha value is 0.695. The summed E-state index contributed by atoms with van der Waals surface area (Å²) in [6, 6.07) is 2.26. The zero-order chi connectivity index (χ0) is 16.9. The van der Waals surface area contributed by atoms with Crippen LogP contribution in [0.25, 0.3) is 0 Å². The quantitative estimate of drug-likeness (QED) is 0.492. The molecule has 4 heteroatoms. The first kappa shape index (κ1) is 20.4. The summed E-state index contributed by atoms with van der Waals surface area (Å²) in [5.74, 6) is 1.69. The Morgan fingerprint density at radius 3 is 2.84 bits per heavy atom. The van der Waals surface area contributed by atoms with Crippen molar-refractivity contribution in [2.75, 3.05) is 6.61 Å². The number of hydrogen-bond acceptors (Lipinski definition) is 3. The molecule has 0 unspecified atom stereocenters. The molecule has 0 saturated heterocycles. The molecule has 3 nitrogen and oxygen atoms in total. The van der Waals surface area contributed by atoms with Crippen LogP contribution in [-0.2, 0) is 0 Å². The monoisotopic (exact) mass is 411 g/mol. The zero-order valence-electron chi connectivity index (χ0n) is 15.6. The molecule has 0 bridgehead atoms. The van der Waals surface area contributed by atoms with Crippen LogP contribution < -0.4 is 63.3 Å². The predicted octanol–water partition coefficient (Wildman–Crippen LogP) is 0.104. The summed E-state index contributed by atoms with van der Waals surface area (Å²) >= 11 is 0. The molecule has 0 aromatic rings. The number of allylic oxidation sites excluding steroid dienone is 3. The molecule has 4 aliphatic carbocycles. The maximum absolute atomic E-state index is 12.4. The van der Waals surface area contributed by atoms with Gasteiger partial charge in [0.1, 0.15) is 0 Å². The summed E-state index contributed by atoms with van der Waals surface area (Å²) in [6.07, 6.45) is 11.7. The molecular weight excluding hydrogens is 384 g/mol. The van der Waals surface area contributed by atoms with Crippen LogP contribution in [-0.4, -0.2) is 17.8 Å². The maximum Gasteiger partial charge on any atom is 1.00 e. The molecule has 3 fully saturated rings. The van der Waals surface area contributed by atoms with Crippen LogP contribution in [0.5, 0.6) is 0 Å².